The largest absolute Gasteiger partial charge is 0.489 e. The van der Waals surface area contributed by atoms with Crippen molar-refractivity contribution in [3.8, 4) is 22.8 Å². The number of aromatic nitrogens is 1. The molecule has 2 heterocycles. The number of nitrogen functional groups attached to an aromatic ring is 1. The Labute approximate surface area is 265 Å². The van der Waals surface area contributed by atoms with Crippen molar-refractivity contribution in [1.29, 1.82) is 0 Å². The van der Waals surface area contributed by atoms with Crippen molar-refractivity contribution in [1.82, 2.24) is 10.3 Å². The summed E-state index contributed by atoms with van der Waals surface area (Å²) in [6.45, 7) is 2.08. The van der Waals surface area contributed by atoms with Crippen LogP contribution in [0, 0.1) is 11.7 Å². The molecule has 0 saturated heterocycles. The van der Waals surface area contributed by atoms with Crippen LogP contribution < -0.4 is 26.3 Å². The van der Waals surface area contributed by atoms with Crippen molar-refractivity contribution in [2.75, 3.05) is 18.9 Å². The van der Waals surface area contributed by atoms with Crippen LogP contribution in [0.4, 0.5) is 10.1 Å². The Morgan fingerprint density at radius 1 is 1.20 bits per heavy atom. The standard InChI is InChI=1S/C34H35ClFN5O4/c1-34(33(38)43)16-44-31-24(34)13-27(41-30(31)18-4-9-25(35)26(36)11-18)23(17-2-3-17)15-40-32(42)19-10-20(14-39-21-5-6-21)29(37)28(12-19)45-22-7-8-22/h4,9-14,17,21-23H,2-3,5-8,15-16,37H2,1H3,(H2,38,43)(H,40,42)/t23-,34-/m0/s1. The highest BCUT2D eigenvalue weighted by Gasteiger charge is 2.45. The minimum Gasteiger partial charge on any atom is -0.489 e. The van der Waals surface area contributed by atoms with Crippen LogP contribution in [0.15, 0.2) is 41.4 Å². The third-order valence-corrected chi connectivity index (χ3v) is 9.41. The van der Waals surface area contributed by atoms with Crippen molar-refractivity contribution >= 4 is 35.3 Å². The molecule has 7 rings (SSSR count). The zero-order valence-electron chi connectivity index (χ0n) is 24.9. The van der Waals surface area contributed by atoms with Crippen LogP contribution in [0.25, 0.3) is 11.3 Å². The molecule has 2 amide bonds. The van der Waals surface area contributed by atoms with Crippen molar-refractivity contribution in [3.05, 3.63) is 69.6 Å². The number of nitrogens with zero attached hydrogens (tertiary/aromatic N) is 2. The summed E-state index contributed by atoms with van der Waals surface area (Å²) in [4.78, 5) is 35.8. The first-order valence-corrected chi connectivity index (χ1v) is 15.8. The summed E-state index contributed by atoms with van der Waals surface area (Å²) >= 11 is 5.97. The van der Waals surface area contributed by atoms with E-state index in [2.05, 4.69) is 10.3 Å². The fourth-order valence-corrected chi connectivity index (χ4v) is 5.83. The second kappa shape index (κ2) is 11.3. The third kappa shape index (κ3) is 5.95. The van der Waals surface area contributed by atoms with E-state index in [1.807, 2.05) is 6.07 Å². The summed E-state index contributed by atoms with van der Waals surface area (Å²) in [5.74, 6) is -0.399. The molecule has 0 unspecified atom stereocenters. The van der Waals surface area contributed by atoms with Gasteiger partial charge in [0.1, 0.15) is 35.0 Å². The van der Waals surface area contributed by atoms with Crippen molar-refractivity contribution in [2.24, 2.45) is 16.6 Å². The van der Waals surface area contributed by atoms with Gasteiger partial charge in [-0.3, -0.25) is 14.6 Å². The lowest BCUT2D eigenvalue weighted by atomic mass is 9.82. The van der Waals surface area contributed by atoms with E-state index >= 15 is 0 Å². The molecular weight excluding hydrogens is 597 g/mol. The molecule has 0 bridgehead atoms. The normalized spacial score (nSPS) is 21.3. The lowest BCUT2D eigenvalue weighted by Crippen LogP contribution is -2.40. The molecule has 1 aliphatic heterocycles. The van der Waals surface area contributed by atoms with Gasteiger partial charge in [-0.15, -0.1) is 0 Å². The molecule has 1 aromatic heterocycles. The number of benzene rings is 2. The van der Waals surface area contributed by atoms with E-state index in [1.54, 1.807) is 31.3 Å². The number of primary amides is 1. The number of aliphatic imine (C=N–C) groups is 1. The second-order valence-corrected chi connectivity index (χ2v) is 13.3. The molecular formula is C34H35ClFN5O4. The van der Waals surface area contributed by atoms with Gasteiger partial charge in [-0.2, -0.15) is 0 Å². The number of pyridine rings is 1. The van der Waals surface area contributed by atoms with Gasteiger partial charge in [0.2, 0.25) is 5.91 Å². The molecule has 45 heavy (non-hydrogen) atoms. The zero-order valence-corrected chi connectivity index (χ0v) is 25.7. The summed E-state index contributed by atoms with van der Waals surface area (Å²) in [5.41, 5.74) is 14.9. The van der Waals surface area contributed by atoms with Crippen molar-refractivity contribution in [2.45, 2.75) is 68.9 Å². The number of carbonyl (C=O) groups excluding carboxylic acids is 2. The Morgan fingerprint density at radius 2 is 1.98 bits per heavy atom. The number of ether oxygens (including phenoxy) is 2. The van der Waals surface area contributed by atoms with Crippen LogP contribution in [0.3, 0.4) is 0 Å². The molecule has 2 aromatic carbocycles. The molecule has 3 saturated carbocycles. The molecule has 3 aromatic rings. The van der Waals surface area contributed by atoms with Gasteiger partial charge in [-0.1, -0.05) is 17.7 Å². The monoisotopic (exact) mass is 631 g/mol. The van der Waals surface area contributed by atoms with E-state index in [4.69, 9.17) is 37.5 Å². The predicted octanol–water partition coefficient (Wildman–Crippen LogP) is 5.30. The van der Waals surface area contributed by atoms with Crippen LogP contribution in [0.1, 0.15) is 78.5 Å². The SMILES string of the molecule is C[C@]1(C(N)=O)COc2c1cc([C@@H](CNC(=O)c1cc(C=NC3CC3)c(N)c(OC3CC3)c1)C1CC1)nc2-c1ccc(Cl)c(F)c1. The number of nitrogens with one attached hydrogen (secondary N) is 1. The number of hydrogen-bond donors (Lipinski definition) is 3. The Hall–Kier alpha value is -4.18. The van der Waals surface area contributed by atoms with E-state index < -0.39 is 17.1 Å². The van der Waals surface area contributed by atoms with E-state index in [1.165, 1.54) is 12.1 Å². The van der Waals surface area contributed by atoms with Gasteiger partial charge in [-0.25, -0.2) is 9.37 Å². The highest BCUT2D eigenvalue weighted by molar-refractivity contribution is 6.30. The maximum Gasteiger partial charge on any atom is 0.251 e. The molecule has 11 heteroatoms. The minimum absolute atomic E-state index is 0.0108. The fourth-order valence-electron chi connectivity index (χ4n) is 5.71. The van der Waals surface area contributed by atoms with Gasteiger partial charge in [0.25, 0.3) is 5.91 Å². The van der Waals surface area contributed by atoms with Gasteiger partial charge in [0.15, 0.2) is 0 Å². The maximum atomic E-state index is 14.6. The number of carbonyl (C=O) groups is 2. The van der Waals surface area contributed by atoms with Gasteiger partial charge in [0, 0.05) is 46.6 Å². The van der Waals surface area contributed by atoms with Crippen molar-refractivity contribution in [3.63, 3.8) is 0 Å². The Kier molecular flexibility index (Phi) is 7.43. The lowest BCUT2D eigenvalue weighted by molar-refractivity contribution is -0.123. The van der Waals surface area contributed by atoms with Crippen LogP contribution in [0.2, 0.25) is 5.02 Å². The van der Waals surface area contributed by atoms with Crippen molar-refractivity contribution < 1.29 is 23.5 Å². The zero-order chi connectivity index (χ0) is 31.5. The summed E-state index contributed by atoms with van der Waals surface area (Å²) in [5, 5.41) is 3.10. The maximum absolute atomic E-state index is 14.6. The summed E-state index contributed by atoms with van der Waals surface area (Å²) in [6, 6.07) is 10.0. The average Bonchev–Trinajstić information content (AvgIpc) is 3.88. The number of fused-ring (bicyclic) bond motifs is 1. The van der Waals surface area contributed by atoms with Crippen LogP contribution >= 0.6 is 11.6 Å². The van der Waals surface area contributed by atoms with E-state index in [0.29, 0.717) is 63.4 Å². The molecule has 3 fully saturated rings. The Bertz CT molecular complexity index is 1740. The van der Waals surface area contributed by atoms with Gasteiger partial charge < -0.3 is 26.3 Å². The highest BCUT2D eigenvalue weighted by atomic mass is 35.5. The number of nitrogens with two attached hydrogens (primary N) is 2. The number of anilines is 1. The average molecular weight is 632 g/mol. The molecule has 5 N–H and O–H groups in total. The third-order valence-electron chi connectivity index (χ3n) is 9.11. The molecule has 9 nitrogen and oxygen atoms in total. The molecule has 4 aliphatic rings. The number of halogens is 2. The first kappa shape index (κ1) is 29.5. The number of rotatable bonds is 11. The minimum atomic E-state index is -1.09. The topological polar surface area (TPSA) is 142 Å². The number of amides is 2. The molecule has 2 atom stereocenters. The predicted molar refractivity (Wildman–Crippen MR) is 170 cm³/mol. The fraction of sp³-hybridized carbons (Fsp3) is 0.412. The summed E-state index contributed by atoms with van der Waals surface area (Å²) in [6.07, 6.45) is 7.83. The van der Waals surface area contributed by atoms with Crippen LogP contribution in [0.5, 0.6) is 11.5 Å². The van der Waals surface area contributed by atoms with Crippen LogP contribution in [-0.4, -0.2) is 48.3 Å². The lowest BCUT2D eigenvalue weighted by Gasteiger charge is -2.22. The van der Waals surface area contributed by atoms with E-state index in [-0.39, 0.29) is 35.5 Å². The van der Waals surface area contributed by atoms with E-state index in [9.17, 15) is 14.0 Å². The second-order valence-electron chi connectivity index (χ2n) is 12.8. The molecule has 234 valence electrons. The first-order chi connectivity index (χ1) is 21.6. The molecule has 0 radical (unpaired) electrons. The smallest absolute Gasteiger partial charge is 0.251 e. The molecule has 0 spiro atoms. The van der Waals surface area contributed by atoms with Gasteiger partial charge in [0.05, 0.1) is 22.9 Å². The number of hydrogen-bond acceptors (Lipinski definition) is 7. The Morgan fingerprint density at radius 3 is 2.64 bits per heavy atom. The quantitative estimate of drug-likeness (QED) is 0.194. The molecule has 3 aliphatic carbocycles. The highest BCUT2D eigenvalue weighted by Crippen LogP contribution is 2.48. The van der Waals surface area contributed by atoms with Gasteiger partial charge >= 0.3 is 0 Å². The summed E-state index contributed by atoms with van der Waals surface area (Å²) < 4.78 is 26.6. The van der Waals surface area contributed by atoms with E-state index in [0.717, 1.165) is 38.5 Å². The first-order valence-electron chi connectivity index (χ1n) is 15.5. The van der Waals surface area contributed by atoms with Crippen LogP contribution in [-0.2, 0) is 10.2 Å². The Balaban J connectivity index is 1.21. The summed E-state index contributed by atoms with van der Waals surface area (Å²) in [7, 11) is 0. The van der Waals surface area contributed by atoms with Gasteiger partial charge in [-0.05, 0) is 81.7 Å².